The van der Waals surface area contributed by atoms with E-state index in [2.05, 4.69) is 23.8 Å². The van der Waals surface area contributed by atoms with E-state index in [0.29, 0.717) is 6.42 Å². The highest BCUT2D eigenvalue weighted by atomic mass is 16.3. The van der Waals surface area contributed by atoms with Gasteiger partial charge in [0.25, 0.3) is 0 Å². The topological polar surface area (TPSA) is 48.9 Å². The lowest BCUT2D eigenvalue weighted by Gasteiger charge is -2.05. The van der Waals surface area contributed by atoms with Gasteiger partial charge in [-0.05, 0) is 6.42 Å². The average Bonchev–Trinajstić information content (AvgIpc) is 2.52. The van der Waals surface area contributed by atoms with E-state index >= 15 is 0 Å². The van der Waals surface area contributed by atoms with Gasteiger partial charge in [0, 0.05) is 19.0 Å². The van der Waals surface area contributed by atoms with Crippen molar-refractivity contribution in [3.63, 3.8) is 0 Å². The molecule has 0 fully saturated rings. The third kappa shape index (κ3) is 3.19. The monoisotopic (exact) mass is 182 g/mol. The summed E-state index contributed by atoms with van der Waals surface area (Å²) in [7, 11) is 0. The molecule has 0 spiro atoms. The van der Waals surface area contributed by atoms with Gasteiger partial charge >= 0.3 is 0 Å². The Bertz CT molecular complexity index is 245. The first-order valence-electron chi connectivity index (χ1n) is 4.97. The molecule has 3 heteroatoms. The molecule has 1 aromatic rings. The Balaban J connectivity index is 2.44. The first-order valence-corrected chi connectivity index (χ1v) is 4.97. The van der Waals surface area contributed by atoms with Crippen molar-refractivity contribution in [1.29, 1.82) is 0 Å². The molecule has 3 nitrogen and oxygen atoms in total. The van der Waals surface area contributed by atoms with Crippen LogP contribution in [-0.2, 0) is 12.8 Å². The first-order chi connectivity index (χ1) is 6.26. The van der Waals surface area contributed by atoms with Crippen molar-refractivity contribution in [2.75, 3.05) is 0 Å². The predicted molar refractivity (Wildman–Crippen MR) is 52.6 cm³/mol. The summed E-state index contributed by atoms with van der Waals surface area (Å²) < 4.78 is 0. The van der Waals surface area contributed by atoms with Gasteiger partial charge in [-0.15, -0.1) is 0 Å². The van der Waals surface area contributed by atoms with Crippen molar-refractivity contribution in [2.45, 2.75) is 45.6 Å². The number of hydrogen-bond acceptors (Lipinski definition) is 2. The first kappa shape index (κ1) is 10.3. The average molecular weight is 182 g/mol. The van der Waals surface area contributed by atoms with Crippen LogP contribution in [0.25, 0.3) is 0 Å². The van der Waals surface area contributed by atoms with E-state index in [4.69, 9.17) is 0 Å². The number of aromatic amines is 1. The lowest BCUT2D eigenvalue weighted by molar-refractivity contribution is 0.163. The molecular formula is C10H18N2O. The van der Waals surface area contributed by atoms with Crippen LogP contribution in [0.15, 0.2) is 6.20 Å². The van der Waals surface area contributed by atoms with Crippen molar-refractivity contribution in [2.24, 2.45) is 0 Å². The molecule has 1 atom stereocenters. The van der Waals surface area contributed by atoms with Gasteiger partial charge in [-0.3, -0.25) is 0 Å². The number of nitrogens with zero attached hydrogens (tertiary/aromatic N) is 1. The van der Waals surface area contributed by atoms with Crippen molar-refractivity contribution in [3.05, 3.63) is 17.7 Å². The van der Waals surface area contributed by atoms with Gasteiger partial charge in [-0.2, -0.15) is 0 Å². The van der Waals surface area contributed by atoms with E-state index in [1.807, 2.05) is 6.20 Å². The number of hydrogen-bond donors (Lipinski definition) is 2. The van der Waals surface area contributed by atoms with E-state index in [1.54, 1.807) is 0 Å². The minimum absolute atomic E-state index is 0.238. The fourth-order valence-corrected chi connectivity index (χ4v) is 1.37. The molecule has 1 heterocycles. The molecule has 0 saturated heterocycles. The highest BCUT2D eigenvalue weighted by Gasteiger charge is 2.06. The molecule has 1 aromatic heterocycles. The second kappa shape index (κ2) is 5.02. The summed E-state index contributed by atoms with van der Waals surface area (Å²) >= 11 is 0. The lowest BCUT2D eigenvalue weighted by Crippen LogP contribution is -2.09. The molecule has 0 amide bonds. The van der Waals surface area contributed by atoms with Gasteiger partial charge in [-0.1, -0.05) is 20.3 Å². The van der Waals surface area contributed by atoms with Crippen LogP contribution in [-0.4, -0.2) is 21.2 Å². The minimum atomic E-state index is -0.238. The summed E-state index contributed by atoms with van der Waals surface area (Å²) in [6.45, 7) is 4.14. The van der Waals surface area contributed by atoms with Crippen molar-refractivity contribution >= 4 is 0 Å². The Morgan fingerprint density at radius 2 is 2.31 bits per heavy atom. The van der Waals surface area contributed by atoms with E-state index in [0.717, 1.165) is 30.8 Å². The van der Waals surface area contributed by atoms with Crippen LogP contribution in [0.3, 0.4) is 0 Å². The molecule has 0 radical (unpaired) electrons. The number of imidazole rings is 1. The van der Waals surface area contributed by atoms with Crippen molar-refractivity contribution in [3.8, 4) is 0 Å². The zero-order chi connectivity index (χ0) is 9.68. The molecule has 13 heavy (non-hydrogen) atoms. The fourth-order valence-electron chi connectivity index (χ4n) is 1.37. The highest BCUT2D eigenvalue weighted by Crippen LogP contribution is 2.05. The molecule has 0 aliphatic carbocycles. The van der Waals surface area contributed by atoms with Gasteiger partial charge in [0.05, 0.1) is 11.8 Å². The maximum atomic E-state index is 9.53. The molecule has 2 N–H and O–H groups in total. The lowest BCUT2D eigenvalue weighted by atomic mass is 10.1. The Morgan fingerprint density at radius 3 is 2.85 bits per heavy atom. The maximum absolute atomic E-state index is 9.53. The zero-order valence-corrected chi connectivity index (χ0v) is 8.38. The molecule has 0 aliphatic rings. The molecule has 74 valence electrons. The normalized spacial score (nSPS) is 13.2. The number of aryl methyl sites for hydroxylation is 1. The van der Waals surface area contributed by atoms with Crippen LogP contribution in [0.1, 0.15) is 38.2 Å². The van der Waals surface area contributed by atoms with E-state index in [-0.39, 0.29) is 6.10 Å². The molecule has 0 aliphatic heterocycles. The van der Waals surface area contributed by atoms with Gasteiger partial charge in [-0.25, -0.2) is 4.98 Å². The second-order valence-corrected chi connectivity index (χ2v) is 3.34. The smallest absolute Gasteiger partial charge is 0.106 e. The zero-order valence-electron chi connectivity index (χ0n) is 8.38. The highest BCUT2D eigenvalue weighted by molar-refractivity contribution is 5.02. The Labute approximate surface area is 79.2 Å². The van der Waals surface area contributed by atoms with Crippen LogP contribution >= 0.6 is 0 Å². The Kier molecular flexibility index (Phi) is 3.96. The third-order valence-electron chi connectivity index (χ3n) is 2.09. The van der Waals surface area contributed by atoms with Crippen LogP contribution in [0, 0.1) is 0 Å². The number of rotatable bonds is 5. The summed E-state index contributed by atoms with van der Waals surface area (Å²) in [6.07, 6.45) is 5.12. The van der Waals surface area contributed by atoms with Gasteiger partial charge < -0.3 is 10.1 Å². The molecule has 1 rings (SSSR count). The van der Waals surface area contributed by atoms with Crippen LogP contribution < -0.4 is 0 Å². The summed E-state index contributed by atoms with van der Waals surface area (Å²) in [4.78, 5) is 7.42. The quantitative estimate of drug-likeness (QED) is 0.727. The van der Waals surface area contributed by atoms with Crippen LogP contribution in [0.4, 0.5) is 0 Å². The van der Waals surface area contributed by atoms with Crippen LogP contribution in [0.5, 0.6) is 0 Å². The summed E-state index contributed by atoms with van der Waals surface area (Å²) in [6, 6.07) is 0. The number of H-pyrrole nitrogens is 1. The second-order valence-electron chi connectivity index (χ2n) is 3.34. The summed E-state index contributed by atoms with van der Waals surface area (Å²) in [5.74, 6) is 0.999. The number of nitrogens with one attached hydrogen (secondary N) is 1. The predicted octanol–water partition coefficient (Wildman–Crippen LogP) is 1.68. The molecule has 0 saturated carbocycles. The third-order valence-corrected chi connectivity index (χ3v) is 2.09. The van der Waals surface area contributed by atoms with E-state index < -0.39 is 0 Å². The molecular weight excluding hydrogens is 164 g/mol. The maximum Gasteiger partial charge on any atom is 0.106 e. The summed E-state index contributed by atoms with van der Waals surface area (Å²) in [5, 5.41) is 9.53. The van der Waals surface area contributed by atoms with Gasteiger partial charge in [0.2, 0.25) is 0 Å². The van der Waals surface area contributed by atoms with Gasteiger partial charge in [0.15, 0.2) is 0 Å². The summed E-state index contributed by atoms with van der Waals surface area (Å²) in [5.41, 5.74) is 0.970. The van der Waals surface area contributed by atoms with E-state index in [1.165, 1.54) is 0 Å². The van der Waals surface area contributed by atoms with Crippen molar-refractivity contribution in [1.82, 2.24) is 9.97 Å². The molecule has 0 aromatic carbocycles. The van der Waals surface area contributed by atoms with Crippen LogP contribution in [0.2, 0.25) is 0 Å². The fraction of sp³-hybridized carbons (Fsp3) is 0.700. The SMILES string of the molecule is CCCC(O)Cc1c[nH]c(CC)n1. The Morgan fingerprint density at radius 1 is 1.54 bits per heavy atom. The van der Waals surface area contributed by atoms with Crippen molar-refractivity contribution < 1.29 is 5.11 Å². The van der Waals surface area contributed by atoms with E-state index in [9.17, 15) is 5.11 Å². The number of aliphatic hydroxyl groups is 1. The largest absolute Gasteiger partial charge is 0.393 e. The molecule has 1 unspecified atom stereocenters. The number of aliphatic hydroxyl groups excluding tert-OH is 1. The standard InChI is InChI=1S/C10H18N2O/c1-3-5-9(13)6-8-7-11-10(4-2)12-8/h7,9,13H,3-6H2,1-2H3,(H,11,12). The number of aromatic nitrogens is 2. The van der Waals surface area contributed by atoms with Gasteiger partial charge in [0.1, 0.15) is 5.82 Å². The minimum Gasteiger partial charge on any atom is -0.393 e. The Hall–Kier alpha value is -0.830. The molecule has 0 bridgehead atoms.